The molecule has 19 heavy (non-hydrogen) atoms. The summed E-state index contributed by atoms with van der Waals surface area (Å²) in [6.07, 6.45) is 0. The highest BCUT2D eigenvalue weighted by atomic mass is 35.5. The van der Waals surface area contributed by atoms with Gasteiger partial charge in [0.25, 0.3) is 0 Å². The second kappa shape index (κ2) is 5.76. The minimum atomic E-state index is -0.612. The smallest absolute Gasteiger partial charge is 0.165 e. The van der Waals surface area contributed by atoms with Crippen molar-refractivity contribution in [1.29, 1.82) is 0 Å². The van der Waals surface area contributed by atoms with Crippen LogP contribution in [0.15, 0.2) is 36.4 Å². The molecule has 0 radical (unpaired) electrons. The first-order valence-corrected chi connectivity index (χ1v) is 6.27. The molecule has 2 aromatic carbocycles. The van der Waals surface area contributed by atoms with Gasteiger partial charge in [0.15, 0.2) is 11.6 Å². The van der Waals surface area contributed by atoms with Gasteiger partial charge >= 0.3 is 0 Å². The molecule has 0 saturated heterocycles. The van der Waals surface area contributed by atoms with E-state index in [0.717, 1.165) is 0 Å². The van der Waals surface area contributed by atoms with Crippen molar-refractivity contribution in [2.45, 2.75) is 5.38 Å². The molecule has 0 heterocycles. The van der Waals surface area contributed by atoms with Gasteiger partial charge in [-0.1, -0.05) is 23.7 Å². The van der Waals surface area contributed by atoms with E-state index in [0.29, 0.717) is 11.1 Å². The molecule has 0 aliphatic heterocycles. The van der Waals surface area contributed by atoms with E-state index in [1.54, 1.807) is 6.07 Å². The summed E-state index contributed by atoms with van der Waals surface area (Å²) < 4.78 is 31.5. The zero-order valence-electron chi connectivity index (χ0n) is 9.96. The summed E-state index contributed by atoms with van der Waals surface area (Å²) in [5, 5.41) is -0.629. The summed E-state index contributed by atoms with van der Waals surface area (Å²) in [5.41, 5.74) is 1.14. The fourth-order valence-electron chi connectivity index (χ4n) is 1.70. The molecule has 0 bridgehead atoms. The molecule has 2 rings (SSSR count). The number of halogens is 4. The predicted molar refractivity (Wildman–Crippen MR) is 72.1 cm³/mol. The molecular formula is C14H10Cl2F2O. The Morgan fingerprint density at radius 3 is 2.21 bits per heavy atom. The van der Waals surface area contributed by atoms with Gasteiger partial charge in [0, 0.05) is 0 Å². The lowest BCUT2D eigenvalue weighted by Crippen LogP contribution is -1.96. The number of methoxy groups -OCH3 is 1. The number of hydrogen-bond donors (Lipinski definition) is 0. The number of alkyl halides is 1. The summed E-state index contributed by atoms with van der Waals surface area (Å²) in [6, 6.07) is 8.60. The van der Waals surface area contributed by atoms with E-state index < -0.39 is 17.0 Å². The molecule has 0 spiro atoms. The van der Waals surface area contributed by atoms with E-state index in [4.69, 9.17) is 27.9 Å². The lowest BCUT2D eigenvalue weighted by molar-refractivity contribution is 0.386. The van der Waals surface area contributed by atoms with Crippen LogP contribution in [-0.4, -0.2) is 7.11 Å². The first-order valence-electron chi connectivity index (χ1n) is 5.45. The van der Waals surface area contributed by atoms with Crippen molar-refractivity contribution >= 4 is 23.2 Å². The Morgan fingerprint density at radius 1 is 1.00 bits per heavy atom. The van der Waals surface area contributed by atoms with Crippen LogP contribution in [0.5, 0.6) is 5.75 Å². The number of hydrogen-bond acceptors (Lipinski definition) is 1. The highest BCUT2D eigenvalue weighted by Gasteiger charge is 2.15. The number of rotatable bonds is 3. The van der Waals surface area contributed by atoms with Crippen molar-refractivity contribution in [2.75, 3.05) is 7.11 Å². The highest BCUT2D eigenvalue weighted by Crippen LogP contribution is 2.33. The average Bonchev–Trinajstić information content (AvgIpc) is 2.41. The third kappa shape index (κ3) is 2.99. The standard InChI is InChI=1S/C14H10Cl2F2O/c1-19-13-5-3-9(7-12(13)18)14(16)8-2-4-11(17)10(15)6-8/h2-7,14H,1H3. The van der Waals surface area contributed by atoms with Gasteiger partial charge in [0.1, 0.15) is 5.82 Å². The van der Waals surface area contributed by atoms with Crippen molar-refractivity contribution in [3.8, 4) is 5.75 Å². The van der Waals surface area contributed by atoms with E-state index in [2.05, 4.69) is 0 Å². The topological polar surface area (TPSA) is 9.23 Å². The van der Waals surface area contributed by atoms with Crippen molar-refractivity contribution in [2.24, 2.45) is 0 Å². The fraction of sp³-hybridized carbons (Fsp3) is 0.143. The van der Waals surface area contributed by atoms with Gasteiger partial charge in [-0.3, -0.25) is 0 Å². The SMILES string of the molecule is COc1ccc(C(Cl)c2ccc(F)c(Cl)c2)cc1F. The summed E-state index contributed by atoms with van der Waals surface area (Å²) in [6.45, 7) is 0. The summed E-state index contributed by atoms with van der Waals surface area (Å²) >= 11 is 11.9. The molecule has 0 fully saturated rings. The van der Waals surface area contributed by atoms with Crippen LogP contribution in [0.25, 0.3) is 0 Å². The van der Waals surface area contributed by atoms with Crippen molar-refractivity contribution in [1.82, 2.24) is 0 Å². The van der Waals surface area contributed by atoms with Crippen LogP contribution in [0.1, 0.15) is 16.5 Å². The summed E-state index contributed by atoms with van der Waals surface area (Å²) in [7, 11) is 1.38. The van der Waals surface area contributed by atoms with Crippen LogP contribution in [0, 0.1) is 11.6 Å². The molecule has 0 saturated carbocycles. The Bertz CT molecular complexity index is 602. The third-order valence-electron chi connectivity index (χ3n) is 2.70. The molecule has 0 aliphatic carbocycles. The Balaban J connectivity index is 2.35. The molecule has 1 atom stereocenters. The highest BCUT2D eigenvalue weighted by molar-refractivity contribution is 6.31. The second-order valence-corrected chi connectivity index (χ2v) is 4.77. The van der Waals surface area contributed by atoms with Gasteiger partial charge in [0.05, 0.1) is 17.5 Å². The van der Waals surface area contributed by atoms with Crippen LogP contribution < -0.4 is 4.74 Å². The van der Waals surface area contributed by atoms with Gasteiger partial charge < -0.3 is 4.74 Å². The predicted octanol–water partition coefficient (Wildman–Crippen LogP) is 4.96. The zero-order valence-corrected chi connectivity index (χ0v) is 11.5. The molecular weight excluding hydrogens is 293 g/mol. The second-order valence-electron chi connectivity index (χ2n) is 3.93. The Labute approximate surface area is 119 Å². The van der Waals surface area contributed by atoms with Crippen LogP contribution in [-0.2, 0) is 0 Å². The maximum Gasteiger partial charge on any atom is 0.165 e. The van der Waals surface area contributed by atoms with E-state index in [-0.39, 0.29) is 10.8 Å². The Hall–Kier alpha value is -1.32. The first-order chi connectivity index (χ1) is 9.02. The number of benzene rings is 2. The maximum atomic E-state index is 13.6. The molecule has 0 N–H and O–H groups in total. The largest absolute Gasteiger partial charge is 0.494 e. The van der Waals surface area contributed by atoms with E-state index in [1.807, 2.05) is 0 Å². The zero-order chi connectivity index (χ0) is 14.0. The number of ether oxygens (including phenoxy) is 1. The fourth-order valence-corrected chi connectivity index (χ4v) is 2.16. The van der Waals surface area contributed by atoms with E-state index in [9.17, 15) is 8.78 Å². The molecule has 0 aliphatic rings. The van der Waals surface area contributed by atoms with Crippen molar-refractivity contribution in [3.05, 3.63) is 64.2 Å². The van der Waals surface area contributed by atoms with Crippen molar-refractivity contribution in [3.63, 3.8) is 0 Å². The minimum absolute atomic E-state index is 0.0165. The van der Waals surface area contributed by atoms with E-state index >= 15 is 0 Å². The van der Waals surface area contributed by atoms with Gasteiger partial charge in [-0.25, -0.2) is 8.78 Å². The molecule has 1 nitrogen and oxygen atoms in total. The van der Waals surface area contributed by atoms with Crippen LogP contribution >= 0.6 is 23.2 Å². The molecule has 2 aromatic rings. The van der Waals surface area contributed by atoms with Gasteiger partial charge in [-0.15, -0.1) is 11.6 Å². The minimum Gasteiger partial charge on any atom is -0.494 e. The lowest BCUT2D eigenvalue weighted by atomic mass is 10.0. The monoisotopic (exact) mass is 302 g/mol. The summed E-state index contributed by atoms with van der Waals surface area (Å²) in [4.78, 5) is 0. The van der Waals surface area contributed by atoms with Gasteiger partial charge in [-0.2, -0.15) is 0 Å². The molecule has 0 amide bonds. The first kappa shape index (κ1) is 14.1. The maximum absolute atomic E-state index is 13.6. The van der Waals surface area contributed by atoms with Crippen LogP contribution in [0.2, 0.25) is 5.02 Å². The van der Waals surface area contributed by atoms with Crippen LogP contribution in [0.4, 0.5) is 8.78 Å². The molecule has 100 valence electrons. The Kier molecular flexibility index (Phi) is 4.27. The Morgan fingerprint density at radius 2 is 1.63 bits per heavy atom. The third-order valence-corrected chi connectivity index (χ3v) is 3.50. The quantitative estimate of drug-likeness (QED) is 0.729. The molecule has 0 aromatic heterocycles. The van der Waals surface area contributed by atoms with Crippen molar-refractivity contribution < 1.29 is 13.5 Å². The lowest BCUT2D eigenvalue weighted by Gasteiger charge is -2.12. The average molecular weight is 303 g/mol. The van der Waals surface area contributed by atoms with Crippen LogP contribution in [0.3, 0.4) is 0 Å². The van der Waals surface area contributed by atoms with Gasteiger partial charge in [0.2, 0.25) is 0 Å². The molecule has 5 heteroatoms. The normalized spacial score (nSPS) is 12.3. The summed E-state index contributed by atoms with van der Waals surface area (Å²) in [5.74, 6) is -0.876. The van der Waals surface area contributed by atoms with Gasteiger partial charge in [-0.05, 0) is 35.4 Å². The molecule has 1 unspecified atom stereocenters. The van der Waals surface area contributed by atoms with E-state index in [1.165, 1.54) is 37.4 Å².